The third-order valence-corrected chi connectivity index (χ3v) is 7.34. The van der Waals surface area contributed by atoms with E-state index in [1.54, 1.807) is 6.07 Å². The fourth-order valence-electron chi connectivity index (χ4n) is 5.03. The van der Waals surface area contributed by atoms with Crippen LogP contribution >= 0.6 is 0 Å². The first-order valence-corrected chi connectivity index (χ1v) is 15.0. The van der Waals surface area contributed by atoms with Crippen molar-refractivity contribution in [3.05, 3.63) is 144 Å². The minimum Gasteiger partial charge on any atom is -0.356 e. The highest BCUT2D eigenvalue weighted by atomic mass is 19.1. The molecule has 42 heavy (non-hydrogen) atoms. The number of hydrogen-bond donors (Lipinski definition) is 1. The van der Waals surface area contributed by atoms with E-state index in [4.69, 9.17) is 0 Å². The SMILES string of the molecule is C=C(/C=C\C(=C/C)NC(=C)C(=C)c1cc(-c2cncc(CN3CCCCC3)c2)ccc1C)Cc1cccc(F)c1.CC. The number of nitrogens with zero attached hydrogens (tertiary/aromatic N) is 2. The second-order valence-corrected chi connectivity index (χ2v) is 10.6. The van der Waals surface area contributed by atoms with E-state index in [-0.39, 0.29) is 5.82 Å². The number of piperidine rings is 1. The van der Waals surface area contributed by atoms with Crippen molar-refractivity contribution in [1.82, 2.24) is 15.2 Å². The van der Waals surface area contributed by atoms with Crippen LogP contribution in [0.5, 0.6) is 0 Å². The molecule has 3 nitrogen and oxygen atoms in total. The summed E-state index contributed by atoms with van der Waals surface area (Å²) >= 11 is 0. The van der Waals surface area contributed by atoms with Gasteiger partial charge in [0.1, 0.15) is 5.82 Å². The number of hydrogen-bond acceptors (Lipinski definition) is 3. The molecule has 2 heterocycles. The van der Waals surface area contributed by atoms with Gasteiger partial charge in [0.05, 0.1) is 0 Å². The molecule has 0 amide bonds. The number of likely N-dealkylation sites (tertiary alicyclic amines) is 1. The van der Waals surface area contributed by atoms with E-state index in [0.29, 0.717) is 6.42 Å². The summed E-state index contributed by atoms with van der Waals surface area (Å²) in [7, 11) is 0. The lowest BCUT2D eigenvalue weighted by atomic mass is 9.94. The Bertz CT molecular complexity index is 1440. The Kier molecular flexibility index (Phi) is 12.7. The van der Waals surface area contributed by atoms with Gasteiger partial charge < -0.3 is 5.32 Å². The average Bonchev–Trinajstić information content (AvgIpc) is 3.00. The zero-order chi connectivity index (χ0) is 30.5. The van der Waals surface area contributed by atoms with E-state index in [1.165, 1.54) is 50.0 Å². The third-order valence-electron chi connectivity index (χ3n) is 7.34. The van der Waals surface area contributed by atoms with E-state index < -0.39 is 0 Å². The maximum absolute atomic E-state index is 13.5. The van der Waals surface area contributed by atoms with Crippen molar-refractivity contribution < 1.29 is 4.39 Å². The summed E-state index contributed by atoms with van der Waals surface area (Å²) in [5.41, 5.74) is 9.87. The molecule has 220 valence electrons. The molecule has 0 saturated carbocycles. The zero-order valence-electron chi connectivity index (χ0n) is 25.8. The lowest BCUT2D eigenvalue weighted by Crippen LogP contribution is -2.29. The molecule has 2 aromatic carbocycles. The standard InChI is InChI=1S/C36H40FN3.C2H6/c1-6-35(16-13-26(2)19-30-11-10-12-34(37)21-30)39-29(5)28(4)36-22-32(15-14-27(36)3)33-20-31(23-38-24-33)25-40-17-8-7-9-18-40;1-2/h6,10-16,20-24,39H,2,4-5,7-9,17-19,25H2,1,3H3;1-2H3/b16-13-,35-6+;. The number of aromatic nitrogens is 1. The average molecular weight is 564 g/mol. The molecule has 0 unspecified atom stereocenters. The van der Waals surface area contributed by atoms with Gasteiger partial charge in [0.25, 0.3) is 0 Å². The number of aryl methyl sites for hydroxylation is 1. The lowest BCUT2D eigenvalue weighted by Gasteiger charge is -2.26. The molecular formula is C38H46FN3. The van der Waals surface area contributed by atoms with Crippen molar-refractivity contribution >= 4 is 5.57 Å². The Balaban J connectivity index is 0.00000237. The van der Waals surface area contributed by atoms with Gasteiger partial charge in [-0.15, -0.1) is 0 Å². The summed E-state index contributed by atoms with van der Waals surface area (Å²) in [5.74, 6) is -0.235. The van der Waals surface area contributed by atoms with Gasteiger partial charge in [-0.1, -0.05) is 82.0 Å². The maximum atomic E-state index is 13.5. The highest BCUT2D eigenvalue weighted by molar-refractivity contribution is 5.81. The first-order chi connectivity index (χ1) is 20.3. The second-order valence-electron chi connectivity index (χ2n) is 10.6. The normalized spacial score (nSPS) is 13.8. The van der Waals surface area contributed by atoms with E-state index in [1.807, 2.05) is 57.5 Å². The molecule has 4 heteroatoms. The van der Waals surface area contributed by atoms with E-state index in [2.05, 4.69) is 66.1 Å². The quantitative estimate of drug-likeness (QED) is 0.235. The lowest BCUT2D eigenvalue weighted by molar-refractivity contribution is 0.220. The molecule has 0 spiro atoms. The molecule has 0 aliphatic carbocycles. The van der Waals surface area contributed by atoms with Crippen LogP contribution in [0.25, 0.3) is 16.7 Å². The van der Waals surface area contributed by atoms with Gasteiger partial charge in [-0.3, -0.25) is 9.88 Å². The summed E-state index contributed by atoms with van der Waals surface area (Å²) in [6.45, 7) is 24.1. The van der Waals surface area contributed by atoms with Crippen LogP contribution in [0.2, 0.25) is 0 Å². The molecule has 0 radical (unpaired) electrons. The van der Waals surface area contributed by atoms with Gasteiger partial charge >= 0.3 is 0 Å². The van der Waals surface area contributed by atoms with Crippen molar-refractivity contribution in [2.75, 3.05) is 13.1 Å². The predicted octanol–water partition coefficient (Wildman–Crippen LogP) is 9.58. The summed E-state index contributed by atoms with van der Waals surface area (Å²) in [6, 6.07) is 15.3. The minimum atomic E-state index is -0.235. The zero-order valence-corrected chi connectivity index (χ0v) is 25.8. The summed E-state index contributed by atoms with van der Waals surface area (Å²) in [6.07, 6.45) is 14.3. The number of nitrogens with one attached hydrogen (secondary N) is 1. The van der Waals surface area contributed by atoms with Crippen molar-refractivity contribution in [2.24, 2.45) is 0 Å². The number of allylic oxidation sites excluding steroid dienone is 5. The van der Waals surface area contributed by atoms with Gasteiger partial charge in [0, 0.05) is 35.9 Å². The summed E-state index contributed by atoms with van der Waals surface area (Å²) in [5, 5.41) is 3.40. The number of benzene rings is 2. The Morgan fingerprint density at radius 1 is 0.929 bits per heavy atom. The van der Waals surface area contributed by atoms with Crippen LogP contribution in [0.15, 0.2) is 116 Å². The first kappa shape index (κ1) is 32.5. The highest BCUT2D eigenvalue weighted by Crippen LogP contribution is 2.29. The van der Waals surface area contributed by atoms with Crippen LogP contribution in [-0.2, 0) is 13.0 Å². The largest absolute Gasteiger partial charge is 0.356 e. The van der Waals surface area contributed by atoms with Crippen molar-refractivity contribution in [3.63, 3.8) is 0 Å². The Morgan fingerprint density at radius 2 is 1.69 bits per heavy atom. The molecule has 0 atom stereocenters. The minimum absolute atomic E-state index is 0.235. The molecule has 1 N–H and O–H groups in total. The fourth-order valence-corrected chi connectivity index (χ4v) is 5.03. The molecular weight excluding hydrogens is 517 g/mol. The van der Waals surface area contributed by atoms with Crippen molar-refractivity contribution in [1.29, 1.82) is 0 Å². The molecule has 1 aliphatic heterocycles. The molecule has 1 fully saturated rings. The summed E-state index contributed by atoms with van der Waals surface area (Å²) in [4.78, 5) is 7.07. The Hall–Kier alpha value is -4.02. The van der Waals surface area contributed by atoms with Gasteiger partial charge in [0.15, 0.2) is 0 Å². The maximum Gasteiger partial charge on any atom is 0.123 e. The summed E-state index contributed by atoms with van der Waals surface area (Å²) < 4.78 is 13.5. The predicted molar refractivity (Wildman–Crippen MR) is 178 cm³/mol. The van der Waals surface area contributed by atoms with E-state index in [9.17, 15) is 4.39 Å². The first-order valence-electron chi connectivity index (χ1n) is 15.0. The van der Waals surface area contributed by atoms with Crippen LogP contribution in [-0.4, -0.2) is 23.0 Å². The number of rotatable bonds is 11. The molecule has 0 bridgehead atoms. The molecule has 1 aliphatic rings. The van der Waals surface area contributed by atoms with E-state index in [0.717, 1.165) is 56.9 Å². The Labute approximate surface area is 252 Å². The number of halogens is 1. The number of pyridine rings is 1. The van der Waals surface area contributed by atoms with E-state index >= 15 is 0 Å². The smallest absolute Gasteiger partial charge is 0.123 e. The van der Waals surface area contributed by atoms with Gasteiger partial charge in [-0.05, 0) is 110 Å². The topological polar surface area (TPSA) is 28.2 Å². The van der Waals surface area contributed by atoms with Crippen LogP contribution in [0.3, 0.4) is 0 Å². The van der Waals surface area contributed by atoms with Crippen LogP contribution in [0, 0.1) is 12.7 Å². The van der Waals surface area contributed by atoms with Crippen molar-refractivity contribution in [2.45, 2.75) is 59.9 Å². The van der Waals surface area contributed by atoms with Gasteiger partial charge in [0.2, 0.25) is 0 Å². The van der Waals surface area contributed by atoms with Crippen LogP contribution < -0.4 is 5.32 Å². The monoisotopic (exact) mass is 563 g/mol. The Morgan fingerprint density at radius 3 is 2.40 bits per heavy atom. The fraction of sp³-hybridized carbons (Fsp3) is 0.289. The second kappa shape index (κ2) is 16.4. The molecule has 4 rings (SSSR count). The third kappa shape index (κ3) is 9.53. The highest BCUT2D eigenvalue weighted by Gasteiger charge is 2.13. The van der Waals surface area contributed by atoms with Crippen LogP contribution in [0.1, 0.15) is 62.3 Å². The molecule has 3 aromatic rings. The van der Waals surface area contributed by atoms with Crippen molar-refractivity contribution in [3.8, 4) is 11.1 Å². The van der Waals surface area contributed by atoms with Gasteiger partial charge in [-0.2, -0.15) is 0 Å². The van der Waals surface area contributed by atoms with Gasteiger partial charge in [-0.25, -0.2) is 4.39 Å². The molecule has 1 saturated heterocycles. The molecule has 1 aromatic heterocycles. The van der Waals surface area contributed by atoms with Crippen LogP contribution in [0.4, 0.5) is 4.39 Å².